The quantitative estimate of drug-likeness (QED) is 0.475. The van der Waals surface area contributed by atoms with Crippen molar-refractivity contribution in [2.75, 3.05) is 23.9 Å². The lowest BCUT2D eigenvalue weighted by Crippen LogP contribution is -2.38. The first-order valence-electron chi connectivity index (χ1n) is 9.91. The monoisotopic (exact) mass is 503 g/mol. The summed E-state index contributed by atoms with van der Waals surface area (Å²) in [5, 5.41) is 16.2. The predicted octanol–water partition coefficient (Wildman–Crippen LogP) is 2.25. The molecular formula is C20H21N7O3S3. The first-order chi connectivity index (χ1) is 15.8. The summed E-state index contributed by atoms with van der Waals surface area (Å²) in [6.07, 6.45) is 4.62. The van der Waals surface area contributed by atoms with Crippen LogP contribution < -0.4 is 10.7 Å². The molecule has 0 saturated heterocycles. The number of nitrogens with one attached hydrogen (secondary N) is 2. The van der Waals surface area contributed by atoms with Gasteiger partial charge >= 0.3 is 0 Å². The number of hydrazone groups is 1. The largest absolute Gasteiger partial charge is 0.325 e. The van der Waals surface area contributed by atoms with Crippen LogP contribution in [0.5, 0.6) is 0 Å². The molecule has 1 atom stereocenters. The summed E-state index contributed by atoms with van der Waals surface area (Å²) in [6, 6.07) is 10.2. The number of sulfone groups is 1. The standard InChI is InChI=1S/C20H21N7O3S3/c1-3-27-17(14-5-4-10-21-11-14)23-26-20(27)31-12-16(28)22-19-25-24-18(32-19)13-6-8-15(9-7-13)33(2,29)30/h4-11,20,26H,3,12H2,1-2H3,(H,22,25,28). The van der Waals surface area contributed by atoms with Gasteiger partial charge in [0.05, 0.1) is 10.6 Å². The van der Waals surface area contributed by atoms with Gasteiger partial charge in [0.2, 0.25) is 11.0 Å². The van der Waals surface area contributed by atoms with Crippen LogP contribution in [0.3, 0.4) is 0 Å². The Hall–Kier alpha value is -3.03. The second-order valence-corrected chi connectivity index (χ2v) is 11.1. The van der Waals surface area contributed by atoms with Crippen LogP contribution in [0.15, 0.2) is 58.8 Å². The van der Waals surface area contributed by atoms with E-state index in [2.05, 4.69) is 35.9 Å². The molecule has 4 rings (SSSR count). The van der Waals surface area contributed by atoms with Gasteiger partial charge in [-0.25, -0.2) is 8.42 Å². The van der Waals surface area contributed by atoms with E-state index in [0.29, 0.717) is 10.1 Å². The number of amides is 1. The molecule has 2 aromatic heterocycles. The minimum absolute atomic E-state index is 0.172. The Morgan fingerprint density at radius 3 is 2.67 bits per heavy atom. The summed E-state index contributed by atoms with van der Waals surface area (Å²) in [6.45, 7) is 2.75. The zero-order valence-electron chi connectivity index (χ0n) is 17.8. The number of rotatable bonds is 8. The van der Waals surface area contributed by atoms with Gasteiger partial charge in [-0.05, 0) is 31.2 Å². The normalized spacial score (nSPS) is 15.8. The molecule has 1 amide bonds. The molecule has 0 saturated carbocycles. The summed E-state index contributed by atoms with van der Waals surface area (Å²) in [5.74, 6) is 0.782. The van der Waals surface area contributed by atoms with Crippen molar-refractivity contribution in [1.82, 2.24) is 25.5 Å². The number of carbonyl (C=O) groups excluding carboxylic acids is 1. The Kier molecular flexibility index (Phi) is 6.91. The van der Waals surface area contributed by atoms with Crippen LogP contribution in [-0.4, -0.2) is 64.3 Å². The SMILES string of the molecule is CCN1C(c2cccnc2)=NNC1SCC(=O)Nc1nnc(-c2ccc(S(C)(=O)=O)cc2)s1. The van der Waals surface area contributed by atoms with E-state index in [9.17, 15) is 13.2 Å². The Morgan fingerprint density at radius 2 is 2.00 bits per heavy atom. The number of thioether (sulfide) groups is 1. The molecule has 1 unspecified atom stereocenters. The zero-order valence-corrected chi connectivity index (χ0v) is 20.2. The number of aromatic nitrogens is 3. The summed E-state index contributed by atoms with van der Waals surface area (Å²) in [4.78, 5) is 18.9. The average Bonchev–Trinajstić information content (AvgIpc) is 3.44. The average molecular weight is 504 g/mol. The number of nitrogens with zero attached hydrogens (tertiary/aromatic N) is 5. The van der Waals surface area contributed by atoms with Gasteiger partial charge in [-0.3, -0.25) is 20.5 Å². The van der Waals surface area contributed by atoms with Gasteiger partial charge in [0.25, 0.3) is 0 Å². The lowest BCUT2D eigenvalue weighted by atomic mass is 10.2. The van der Waals surface area contributed by atoms with Crippen LogP contribution in [0.1, 0.15) is 12.5 Å². The lowest BCUT2D eigenvalue weighted by Gasteiger charge is -2.24. The van der Waals surface area contributed by atoms with E-state index in [-0.39, 0.29) is 22.1 Å². The van der Waals surface area contributed by atoms with Crippen LogP contribution in [0.4, 0.5) is 5.13 Å². The summed E-state index contributed by atoms with van der Waals surface area (Å²) >= 11 is 2.64. The zero-order chi connectivity index (χ0) is 23.4. The number of benzene rings is 1. The third-order valence-electron chi connectivity index (χ3n) is 4.67. The molecule has 10 nitrogen and oxygen atoms in total. The molecule has 0 radical (unpaired) electrons. The van der Waals surface area contributed by atoms with E-state index in [1.807, 2.05) is 19.1 Å². The summed E-state index contributed by atoms with van der Waals surface area (Å²) < 4.78 is 23.2. The van der Waals surface area contributed by atoms with Crippen molar-refractivity contribution < 1.29 is 13.2 Å². The minimum atomic E-state index is -3.26. The van der Waals surface area contributed by atoms with E-state index in [1.165, 1.54) is 35.2 Å². The highest BCUT2D eigenvalue weighted by Crippen LogP contribution is 2.28. The van der Waals surface area contributed by atoms with Crippen LogP contribution in [0.25, 0.3) is 10.6 Å². The first kappa shape index (κ1) is 23.1. The van der Waals surface area contributed by atoms with Crippen molar-refractivity contribution in [3.05, 3.63) is 54.4 Å². The number of pyridine rings is 1. The maximum absolute atomic E-state index is 12.5. The molecule has 0 spiro atoms. The minimum Gasteiger partial charge on any atom is -0.325 e. The van der Waals surface area contributed by atoms with Gasteiger partial charge in [-0.1, -0.05) is 23.5 Å². The molecule has 172 valence electrons. The van der Waals surface area contributed by atoms with E-state index >= 15 is 0 Å². The van der Waals surface area contributed by atoms with Crippen molar-refractivity contribution in [3.63, 3.8) is 0 Å². The van der Waals surface area contributed by atoms with Crippen LogP contribution >= 0.6 is 23.1 Å². The number of amidine groups is 1. The van der Waals surface area contributed by atoms with E-state index in [1.54, 1.807) is 24.5 Å². The van der Waals surface area contributed by atoms with Gasteiger partial charge in [0, 0.05) is 36.3 Å². The highest BCUT2D eigenvalue weighted by molar-refractivity contribution is 8.00. The fraction of sp³-hybridized carbons (Fsp3) is 0.250. The molecular weight excluding hydrogens is 482 g/mol. The third kappa shape index (κ3) is 5.49. The molecule has 1 aromatic carbocycles. The molecule has 3 aromatic rings. The maximum Gasteiger partial charge on any atom is 0.236 e. The molecule has 0 fully saturated rings. The second kappa shape index (κ2) is 9.85. The van der Waals surface area contributed by atoms with Crippen molar-refractivity contribution in [2.24, 2.45) is 5.10 Å². The highest BCUT2D eigenvalue weighted by atomic mass is 32.2. The summed E-state index contributed by atoms with van der Waals surface area (Å²) in [7, 11) is -3.26. The summed E-state index contributed by atoms with van der Waals surface area (Å²) in [5.41, 5.74) is 4.53. The lowest BCUT2D eigenvalue weighted by molar-refractivity contribution is -0.113. The fourth-order valence-electron chi connectivity index (χ4n) is 3.07. The van der Waals surface area contributed by atoms with E-state index < -0.39 is 9.84 Å². The Bertz CT molecular complexity index is 1260. The Morgan fingerprint density at radius 1 is 1.21 bits per heavy atom. The smallest absolute Gasteiger partial charge is 0.236 e. The molecule has 0 bridgehead atoms. The van der Waals surface area contributed by atoms with Gasteiger partial charge in [0.1, 0.15) is 5.01 Å². The highest BCUT2D eigenvalue weighted by Gasteiger charge is 2.28. The van der Waals surface area contributed by atoms with E-state index in [0.717, 1.165) is 29.8 Å². The molecule has 0 aliphatic carbocycles. The van der Waals surface area contributed by atoms with Crippen LogP contribution in [0, 0.1) is 0 Å². The topological polar surface area (TPSA) is 130 Å². The van der Waals surface area contributed by atoms with Gasteiger partial charge < -0.3 is 4.90 Å². The maximum atomic E-state index is 12.5. The predicted molar refractivity (Wildman–Crippen MR) is 130 cm³/mol. The van der Waals surface area contributed by atoms with Crippen molar-refractivity contribution >= 4 is 49.8 Å². The van der Waals surface area contributed by atoms with Crippen LogP contribution in [-0.2, 0) is 14.6 Å². The van der Waals surface area contributed by atoms with Crippen molar-refractivity contribution in [1.29, 1.82) is 0 Å². The van der Waals surface area contributed by atoms with Gasteiger partial charge in [-0.15, -0.1) is 22.0 Å². The molecule has 13 heteroatoms. The number of hydrogen-bond acceptors (Lipinski definition) is 11. The third-order valence-corrected chi connectivity index (χ3v) is 7.79. The molecule has 3 heterocycles. The van der Waals surface area contributed by atoms with Crippen LogP contribution in [0.2, 0.25) is 0 Å². The van der Waals surface area contributed by atoms with Crippen molar-refractivity contribution in [2.45, 2.75) is 17.3 Å². The molecule has 33 heavy (non-hydrogen) atoms. The molecule has 2 N–H and O–H groups in total. The second-order valence-electron chi connectivity index (χ2n) is 7.01. The first-order valence-corrected chi connectivity index (χ1v) is 13.7. The fourth-order valence-corrected chi connectivity index (χ4v) is 5.41. The van der Waals surface area contributed by atoms with Gasteiger partial charge in [0.15, 0.2) is 21.2 Å². The number of carbonyl (C=O) groups is 1. The van der Waals surface area contributed by atoms with Crippen molar-refractivity contribution in [3.8, 4) is 10.6 Å². The number of anilines is 1. The Balaban J connectivity index is 1.32. The molecule has 1 aliphatic heterocycles. The van der Waals surface area contributed by atoms with E-state index in [4.69, 9.17) is 0 Å². The molecule has 1 aliphatic rings. The Labute approximate surface area is 199 Å². The van der Waals surface area contributed by atoms with Gasteiger partial charge in [-0.2, -0.15) is 5.10 Å². The number of hydrogen-bond donors (Lipinski definition) is 2.